The van der Waals surface area contributed by atoms with Gasteiger partial charge >= 0.3 is 6.61 Å². The normalized spacial score (nSPS) is 21.6. The van der Waals surface area contributed by atoms with E-state index < -0.39 is 12.7 Å². The van der Waals surface area contributed by atoms with Crippen molar-refractivity contribution in [3.8, 4) is 5.75 Å². The van der Waals surface area contributed by atoms with Gasteiger partial charge in [0.15, 0.2) is 12.0 Å². The highest BCUT2D eigenvalue weighted by molar-refractivity contribution is 6.05. The number of rotatable bonds is 4. The Bertz CT molecular complexity index is 558. The summed E-state index contributed by atoms with van der Waals surface area (Å²) < 4.78 is 29.2. The van der Waals surface area contributed by atoms with Gasteiger partial charge in [-0.25, -0.2) is 4.99 Å². The predicted octanol–water partition coefficient (Wildman–Crippen LogP) is 1.57. The molecule has 1 saturated carbocycles. The molecule has 0 aromatic heterocycles. The average molecular weight is 281 g/mol. The lowest BCUT2D eigenvalue weighted by atomic mass is 10.1. The Morgan fingerprint density at radius 2 is 2.10 bits per heavy atom. The molecule has 1 fully saturated rings. The molecule has 1 aliphatic carbocycles. The Balaban J connectivity index is 1.84. The molecular formula is C13H13F2N3O2. The summed E-state index contributed by atoms with van der Waals surface area (Å²) in [5.41, 5.74) is 0.331. The van der Waals surface area contributed by atoms with E-state index in [4.69, 9.17) is 0 Å². The molecule has 1 aromatic rings. The molecule has 0 saturated heterocycles. The van der Waals surface area contributed by atoms with Crippen LogP contribution in [-0.2, 0) is 4.79 Å². The van der Waals surface area contributed by atoms with Crippen molar-refractivity contribution in [2.45, 2.75) is 31.5 Å². The molecule has 1 atom stereocenters. The highest BCUT2D eigenvalue weighted by Crippen LogP contribution is 2.31. The molecule has 0 spiro atoms. The zero-order valence-corrected chi connectivity index (χ0v) is 10.5. The van der Waals surface area contributed by atoms with Crippen LogP contribution in [0.15, 0.2) is 29.3 Å². The van der Waals surface area contributed by atoms with Gasteiger partial charge in [-0.2, -0.15) is 8.78 Å². The first-order valence-corrected chi connectivity index (χ1v) is 6.32. The average Bonchev–Trinajstić information content (AvgIpc) is 3.12. The molecule has 20 heavy (non-hydrogen) atoms. The minimum Gasteiger partial charge on any atom is -0.434 e. The molecule has 2 N–H and O–H groups in total. The Kier molecular flexibility index (Phi) is 3.25. The number of alkyl halides is 2. The molecule has 2 aliphatic rings. The molecule has 1 amide bonds. The maximum Gasteiger partial charge on any atom is 0.387 e. The van der Waals surface area contributed by atoms with E-state index >= 15 is 0 Å². The molecule has 3 rings (SSSR count). The SMILES string of the molecule is O=C1NC(NC2CC2)=NC1c1ccccc1OC(F)F. The van der Waals surface area contributed by atoms with Crippen molar-refractivity contribution >= 4 is 11.9 Å². The molecule has 5 nitrogen and oxygen atoms in total. The van der Waals surface area contributed by atoms with Crippen molar-refractivity contribution in [3.63, 3.8) is 0 Å². The van der Waals surface area contributed by atoms with Gasteiger partial charge in [-0.05, 0) is 18.9 Å². The molecule has 0 bridgehead atoms. The first kappa shape index (κ1) is 12.8. The minimum absolute atomic E-state index is 0.0286. The number of aliphatic imine (C=N–C) groups is 1. The van der Waals surface area contributed by atoms with E-state index in [2.05, 4.69) is 20.4 Å². The number of hydrogen-bond acceptors (Lipinski definition) is 4. The van der Waals surface area contributed by atoms with Crippen molar-refractivity contribution in [1.29, 1.82) is 0 Å². The topological polar surface area (TPSA) is 62.7 Å². The van der Waals surface area contributed by atoms with Crippen molar-refractivity contribution < 1.29 is 18.3 Å². The van der Waals surface area contributed by atoms with E-state index in [1.807, 2.05) is 0 Å². The largest absolute Gasteiger partial charge is 0.434 e. The third-order valence-corrected chi connectivity index (χ3v) is 3.10. The van der Waals surface area contributed by atoms with Crippen LogP contribution < -0.4 is 15.4 Å². The van der Waals surface area contributed by atoms with Crippen LogP contribution in [0.2, 0.25) is 0 Å². The number of carbonyl (C=O) groups is 1. The van der Waals surface area contributed by atoms with Crippen LogP contribution in [0.3, 0.4) is 0 Å². The molecule has 106 valence electrons. The fourth-order valence-corrected chi connectivity index (χ4v) is 2.02. The number of nitrogens with one attached hydrogen (secondary N) is 2. The smallest absolute Gasteiger partial charge is 0.387 e. The molecule has 1 unspecified atom stereocenters. The highest BCUT2D eigenvalue weighted by Gasteiger charge is 2.33. The Morgan fingerprint density at radius 1 is 1.35 bits per heavy atom. The molecular weight excluding hydrogens is 268 g/mol. The number of halogens is 2. The Labute approximate surface area is 114 Å². The lowest BCUT2D eigenvalue weighted by Crippen LogP contribution is -2.37. The van der Waals surface area contributed by atoms with Crippen molar-refractivity contribution in [2.75, 3.05) is 0 Å². The van der Waals surface area contributed by atoms with Gasteiger partial charge in [0, 0.05) is 11.6 Å². The van der Waals surface area contributed by atoms with E-state index in [1.54, 1.807) is 18.2 Å². The molecule has 1 aliphatic heterocycles. The second-order valence-corrected chi connectivity index (χ2v) is 4.70. The number of hydrogen-bond donors (Lipinski definition) is 2. The number of guanidine groups is 1. The summed E-state index contributed by atoms with van der Waals surface area (Å²) in [4.78, 5) is 16.1. The molecule has 1 aromatic carbocycles. The lowest BCUT2D eigenvalue weighted by Gasteiger charge is -2.12. The summed E-state index contributed by atoms with van der Waals surface area (Å²) in [6.45, 7) is -2.94. The second kappa shape index (κ2) is 5.07. The fourth-order valence-electron chi connectivity index (χ4n) is 2.02. The quantitative estimate of drug-likeness (QED) is 0.880. The van der Waals surface area contributed by atoms with Crippen LogP contribution in [0.25, 0.3) is 0 Å². The Hall–Kier alpha value is -2.18. The van der Waals surface area contributed by atoms with E-state index in [0.717, 1.165) is 12.8 Å². The van der Waals surface area contributed by atoms with Gasteiger partial charge in [-0.3, -0.25) is 10.1 Å². The summed E-state index contributed by atoms with van der Waals surface area (Å²) in [5, 5.41) is 5.68. The van der Waals surface area contributed by atoms with Gasteiger partial charge in [0.05, 0.1) is 0 Å². The number of para-hydroxylation sites is 1. The minimum atomic E-state index is -2.94. The summed E-state index contributed by atoms with van der Waals surface area (Å²) >= 11 is 0. The van der Waals surface area contributed by atoms with E-state index in [0.29, 0.717) is 17.6 Å². The molecule has 1 heterocycles. The van der Waals surface area contributed by atoms with E-state index in [-0.39, 0.29) is 11.7 Å². The van der Waals surface area contributed by atoms with Crippen LogP contribution in [0.5, 0.6) is 5.75 Å². The van der Waals surface area contributed by atoms with Crippen LogP contribution in [-0.4, -0.2) is 24.5 Å². The van der Waals surface area contributed by atoms with Crippen molar-refractivity contribution in [2.24, 2.45) is 4.99 Å². The highest BCUT2D eigenvalue weighted by atomic mass is 19.3. The summed E-state index contributed by atoms with van der Waals surface area (Å²) in [6.07, 6.45) is 2.09. The van der Waals surface area contributed by atoms with E-state index in [1.165, 1.54) is 6.07 Å². The lowest BCUT2D eigenvalue weighted by molar-refractivity contribution is -0.120. The standard InChI is InChI=1S/C13H13F2N3O2/c14-12(15)20-9-4-2-1-3-8(9)10-11(19)18-13(17-10)16-7-5-6-7/h1-4,7,10,12H,5-6H2,(H2,16,17,18,19). The fraction of sp³-hybridized carbons (Fsp3) is 0.385. The molecule has 7 heteroatoms. The number of nitrogens with zero attached hydrogens (tertiary/aromatic N) is 1. The number of ether oxygens (including phenoxy) is 1. The first-order chi connectivity index (χ1) is 9.63. The predicted molar refractivity (Wildman–Crippen MR) is 67.6 cm³/mol. The third-order valence-electron chi connectivity index (χ3n) is 3.10. The maximum atomic E-state index is 12.4. The second-order valence-electron chi connectivity index (χ2n) is 4.70. The zero-order chi connectivity index (χ0) is 14.1. The number of benzene rings is 1. The van der Waals surface area contributed by atoms with Gasteiger partial charge in [0.2, 0.25) is 0 Å². The van der Waals surface area contributed by atoms with Crippen molar-refractivity contribution in [3.05, 3.63) is 29.8 Å². The van der Waals surface area contributed by atoms with Crippen molar-refractivity contribution in [1.82, 2.24) is 10.6 Å². The third kappa shape index (κ3) is 2.71. The van der Waals surface area contributed by atoms with Crippen LogP contribution in [0, 0.1) is 0 Å². The van der Waals surface area contributed by atoms with Gasteiger partial charge in [-0.15, -0.1) is 0 Å². The maximum absolute atomic E-state index is 12.4. The van der Waals surface area contributed by atoms with Crippen LogP contribution >= 0.6 is 0 Å². The van der Waals surface area contributed by atoms with Crippen LogP contribution in [0.4, 0.5) is 8.78 Å². The number of carbonyl (C=O) groups excluding carboxylic acids is 1. The van der Waals surface area contributed by atoms with Gasteiger partial charge < -0.3 is 10.1 Å². The zero-order valence-electron chi connectivity index (χ0n) is 10.5. The monoisotopic (exact) mass is 281 g/mol. The van der Waals surface area contributed by atoms with Crippen LogP contribution in [0.1, 0.15) is 24.4 Å². The molecule has 0 radical (unpaired) electrons. The van der Waals surface area contributed by atoms with Gasteiger partial charge in [0.1, 0.15) is 5.75 Å². The summed E-state index contributed by atoms with van der Waals surface area (Å²) in [5.74, 6) is 0.0203. The van der Waals surface area contributed by atoms with Gasteiger partial charge in [0.25, 0.3) is 5.91 Å². The van der Waals surface area contributed by atoms with E-state index in [9.17, 15) is 13.6 Å². The summed E-state index contributed by atoms with van der Waals surface area (Å²) in [7, 11) is 0. The summed E-state index contributed by atoms with van der Waals surface area (Å²) in [6, 6.07) is 5.68. The van der Waals surface area contributed by atoms with Gasteiger partial charge in [-0.1, -0.05) is 18.2 Å². The Morgan fingerprint density at radius 3 is 2.80 bits per heavy atom. The first-order valence-electron chi connectivity index (χ1n) is 6.32. The number of amides is 1.